The lowest BCUT2D eigenvalue weighted by atomic mass is 9.89. The van der Waals surface area contributed by atoms with Gasteiger partial charge in [-0.05, 0) is 61.4 Å². The SMILES string of the molecule is CCCCC1CCCCCCc2[nH]c(/C=C3\N=C(c4ccc[nH]4)C=C3OC)cc21.Cl. The van der Waals surface area contributed by atoms with Crippen molar-refractivity contribution in [3.8, 4) is 0 Å². The van der Waals surface area contributed by atoms with Crippen molar-refractivity contribution in [3.63, 3.8) is 0 Å². The highest BCUT2D eigenvalue weighted by atomic mass is 35.5. The molecular formula is C25H34ClN3O. The van der Waals surface area contributed by atoms with Crippen molar-refractivity contribution in [1.29, 1.82) is 0 Å². The third-order valence-corrected chi connectivity index (χ3v) is 6.18. The van der Waals surface area contributed by atoms with Gasteiger partial charge in [-0.2, -0.15) is 0 Å². The van der Waals surface area contributed by atoms with Crippen LogP contribution < -0.4 is 0 Å². The molecule has 0 saturated heterocycles. The molecule has 162 valence electrons. The summed E-state index contributed by atoms with van der Waals surface area (Å²) in [4.78, 5) is 11.8. The number of allylic oxidation sites excluding steroid dienone is 1. The van der Waals surface area contributed by atoms with Crippen LogP contribution in [0.4, 0.5) is 0 Å². The van der Waals surface area contributed by atoms with Gasteiger partial charge >= 0.3 is 0 Å². The Morgan fingerprint density at radius 2 is 2.10 bits per heavy atom. The van der Waals surface area contributed by atoms with E-state index in [-0.39, 0.29) is 12.4 Å². The maximum Gasteiger partial charge on any atom is 0.146 e. The summed E-state index contributed by atoms with van der Waals surface area (Å²) in [6.07, 6.45) is 17.8. The van der Waals surface area contributed by atoms with Crippen LogP contribution in [0.5, 0.6) is 0 Å². The van der Waals surface area contributed by atoms with E-state index in [1.165, 1.54) is 57.1 Å². The lowest BCUT2D eigenvalue weighted by molar-refractivity contribution is 0.303. The minimum Gasteiger partial charge on any atom is -0.494 e. The molecule has 0 saturated carbocycles. The molecule has 1 aliphatic carbocycles. The zero-order valence-electron chi connectivity index (χ0n) is 18.2. The minimum atomic E-state index is 0. The first kappa shape index (κ1) is 22.5. The molecule has 5 heteroatoms. The monoisotopic (exact) mass is 427 g/mol. The van der Waals surface area contributed by atoms with Gasteiger partial charge in [0.1, 0.15) is 11.5 Å². The largest absolute Gasteiger partial charge is 0.494 e. The summed E-state index contributed by atoms with van der Waals surface area (Å²) in [7, 11) is 1.71. The van der Waals surface area contributed by atoms with Gasteiger partial charge in [0.25, 0.3) is 0 Å². The Morgan fingerprint density at radius 1 is 1.23 bits per heavy atom. The van der Waals surface area contributed by atoms with E-state index in [1.54, 1.807) is 12.7 Å². The van der Waals surface area contributed by atoms with Crippen LogP contribution in [0.1, 0.15) is 86.9 Å². The lowest BCUT2D eigenvalue weighted by Gasteiger charge is -2.16. The Labute approximate surface area is 186 Å². The third kappa shape index (κ3) is 5.10. The number of hydrogen-bond acceptors (Lipinski definition) is 2. The van der Waals surface area contributed by atoms with E-state index in [0.29, 0.717) is 5.92 Å². The molecule has 0 spiro atoms. The molecule has 2 N–H and O–H groups in total. The molecule has 1 unspecified atom stereocenters. The molecule has 1 atom stereocenters. The summed E-state index contributed by atoms with van der Waals surface area (Å²) in [5.41, 5.74) is 6.94. The van der Waals surface area contributed by atoms with Crippen LogP contribution in [0.3, 0.4) is 0 Å². The Balaban J connectivity index is 0.00000256. The van der Waals surface area contributed by atoms with Gasteiger partial charge in [0.05, 0.1) is 18.5 Å². The molecule has 0 aromatic carbocycles. The minimum absolute atomic E-state index is 0. The Morgan fingerprint density at radius 3 is 2.87 bits per heavy atom. The molecule has 4 nitrogen and oxygen atoms in total. The predicted molar refractivity (Wildman–Crippen MR) is 127 cm³/mol. The number of aromatic nitrogens is 2. The van der Waals surface area contributed by atoms with E-state index in [0.717, 1.165) is 35.0 Å². The number of nitrogens with one attached hydrogen (secondary N) is 2. The number of unbranched alkanes of at least 4 members (excludes halogenated alkanes) is 1. The highest BCUT2D eigenvalue weighted by Gasteiger charge is 2.21. The number of aliphatic imine (C=N–C) groups is 1. The Bertz CT molecular complexity index is 905. The zero-order valence-corrected chi connectivity index (χ0v) is 19.0. The molecule has 2 aliphatic rings. The fraction of sp³-hybridized carbons (Fsp3) is 0.480. The maximum atomic E-state index is 5.61. The summed E-state index contributed by atoms with van der Waals surface area (Å²) < 4.78 is 5.61. The quantitative estimate of drug-likeness (QED) is 0.516. The van der Waals surface area contributed by atoms with Crippen molar-refractivity contribution in [2.24, 2.45) is 4.99 Å². The van der Waals surface area contributed by atoms with Crippen LogP contribution >= 0.6 is 12.4 Å². The first-order chi connectivity index (χ1) is 14.3. The molecule has 3 heterocycles. The molecular weight excluding hydrogens is 394 g/mol. The van der Waals surface area contributed by atoms with Crippen LogP contribution in [-0.2, 0) is 11.2 Å². The number of nitrogens with zero attached hydrogens (tertiary/aromatic N) is 1. The van der Waals surface area contributed by atoms with Gasteiger partial charge in [0, 0.05) is 23.7 Å². The summed E-state index contributed by atoms with van der Waals surface area (Å²) in [5, 5.41) is 0. The topological polar surface area (TPSA) is 53.2 Å². The van der Waals surface area contributed by atoms with Crippen LogP contribution in [0.2, 0.25) is 0 Å². The van der Waals surface area contributed by atoms with Gasteiger partial charge in [0.2, 0.25) is 0 Å². The highest BCUT2D eigenvalue weighted by Crippen LogP contribution is 2.34. The molecule has 0 bridgehead atoms. The predicted octanol–water partition coefficient (Wildman–Crippen LogP) is 6.92. The molecule has 2 aromatic rings. The number of methoxy groups -OCH3 is 1. The van der Waals surface area contributed by atoms with Crippen LogP contribution in [0, 0.1) is 0 Å². The number of halogens is 1. The average molecular weight is 428 g/mol. The summed E-state index contributed by atoms with van der Waals surface area (Å²) in [6.45, 7) is 2.29. The van der Waals surface area contributed by atoms with E-state index in [4.69, 9.17) is 9.73 Å². The van der Waals surface area contributed by atoms with Crippen molar-refractivity contribution in [3.05, 3.63) is 64.6 Å². The highest BCUT2D eigenvalue weighted by molar-refractivity contribution is 6.11. The fourth-order valence-corrected chi connectivity index (χ4v) is 4.59. The van der Waals surface area contributed by atoms with Gasteiger partial charge in [-0.1, -0.05) is 39.0 Å². The summed E-state index contributed by atoms with van der Waals surface area (Å²) in [5.74, 6) is 1.50. The Kier molecular flexibility index (Phi) is 8.03. The van der Waals surface area contributed by atoms with Gasteiger partial charge in [-0.15, -0.1) is 12.4 Å². The van der Waals surface area contributed by atoms with Crippen LogP contribution in [0.15, 0.2) is 46.9 Å². The Hall–Kier alpha value is -2.20. The van der Waals surface area contributed by atoms with Crippen molar-refractivity contribution in [1.82, 2.24) is 9.97 Å². The lowest BCUT2D eigenvalue weighted by Crippen LogP contribution is -2.01. The van der Waals surface area contributed by atoms with Crippen molar-refractivity contribution < 1.29 is 4.74 Å². The van der Waals surface area contributed by atoms with E-state index in [9.17, 15) is 0 Å². The molecule has 30 heavy (non-hydrogen) atoms. The van der Waals surface area contributed by atoms with Crippen molar-refractivity contribution in [2.45, 2.75) is 70.6 Å². The molecule has 0 radical (unpaired) electrons. The molecule has 2 aromatic heterocycles. The van der Waals surface area contributed by atoms with Crippen molar-refractivity contribution >= 4 is 24.2 Å². The standard InChI is InChI=1S/C25H33N3O.ClH/c1-3-4-10-18-11-7-5-6-8-12-21-20(18)15-19(27-21)16-24-25(29-2)17-23(28-24)22-13-9-14-26-22;/h9,13-18,26-27H,3-8,10-12H2,1-2H3;1H/b24-16-;. The van der Waals surface area contributed by atoms with E-state index >= 15 is 0 Å². The number of hydrogen-bond donors (Lipinski definition) is 2. The summed E-state index contributed by atoms with van der Waals surface area (Å²) in [6, 6.07) is 6.40. The smallest absolute Gasteiger partial charge is 0.146 e. The number of H-pyrrole nitrogens is 2. The number of aromatic amines is 2. The second-order valence-corrected chi connectivity index (χ2v) is 8.27. The first-order valence-electron chi connectivity index (χ1n) is 11.2. The number of fused-ring (bicyclic) bond motifs is 1. The zero-order chi connectivity index (χ0) is 20.1. The summed E-state index contributed by atoms with van der Waals surface area (Å²) >= 11 is 0. The number of rotatable bonds is 6. The van der Waals surface area contributed by atoms with Gasteiger partial charge in [-0.3, -0.25) is 0 Å². The van der Waals surface area contributed by atoms with Gasteiger partial charge in [0.15, 0.2) is 0 Å². The van der Waals surface area contributed by atoms with E-state index < -0.39 is 0 Å². The maximum absolute atomic E-state index is 5.61. The average Bonchev–Trinajstić information content (AvgIpc) is 3.46. The first-order valence-corrected chi connectivity index (χ1v) is 11.2. The number of ether oxygens (including phenoxy) is 1. The van der Waals surface area contributed by atoms with Gasteiger partial charge < -0.3 is 14.7 Å². The number of aryl methyl sites for hydroxylation is 1. The van der Waals surface area contributed by atoms with Gasteiger partial charge in [-0.25, -0.2) is 4.99 Å². The second-order valence-electron chi connectivity index (χ2n) is 8.27. The molecule has 1 aliphatic heterocycles. The van der Waals surface area contributed by atoms with Crippen molar-refractivity contribution in [2.75, 3.05) is 7.11 Å². The normalized spacial score (nSPS) is 20.5. The van der Waals surface area contributed by atoms with E-state index in [1.807, 2.05) is 24.4 Å². The molecule has 0 amide bonds. The second kappa shape index (κ2) is 10.7. The fourth-order valence-electron chi connectivity index (χ4n) is 4.59. The third-order valence-electron chi connectivity index (χ3n) is 6.18. The van der Waals surface area contributed by atoms with E-state index in [2.05, 4.69) is 29.0 Å². The molecule has 0 fully saturated rings. The molecule has 4 rings (SSSR count). The van der Waals surface area contributed by atoms with Crippen LogP contribution in [-0.4, -0.2) is 22.8 Å². The van der Waals surface area contributed by atoms with Crippen LogP contribution in [0.25, 0.3) is 6.08 Å².